The Labute approximate surface area is 161 Å². The topological polar surface area (TPSA) is 47.4 Å². The van der Waals surface area contributed by atoms with E-state index in [1.54, 1.807) is 0 Å². The molecule has 5 heteroatoms. The van der Waals surface area contributed by atoms with Crippen LogP contribution in [0.2, 0.25) is 0 Å². The Hall–Kier alpha value is -1.88. The van der Waals surface area contributed by atoms with Crippen LogP contribution < -0.4 is 0 Å². The highest BCUT2D eigenvalue weighted by Gasteiger charge is 2.27. The molecule has 1 saturated heterocycles. The highest BCUT2D eigenvalue weighted by molar-refractivity contribution is 5.97. The molecule has 0 unspecified atom stereocenters. The van der Waals surface area contributed by atoms with E-state index in [0.29, 0.717) is 18.7 Å². The highest BCUT2D eigenvalue weighted by Crippen LogP contribution is 2.31. The molecule has 1 aromatic carbocycles. The number of carbonyl (C=O) groups excluding carboxylic acids is 1. The Morgan fingerprint density at radius 3 is 2.63 bits per heavy atom. The largest absolute Gasteiger partial charge is 0.327 e. The van der Waals surface area contributed by atoms with Crippen molar-refractivity contribution >= 4 is 16.9 Å². The van der Waals surface area contributed by atoms with E-state index in [-0.39, 0.29) is 11.3 Å². The van der Waals surface area contributed by atoms with Crippen LogP contribution >= 0.6 is 0 Å². The van der Waals surface area contributed by atoms with Gasteiger partial charge >= 0.3 is 0 Å². The van der Waals surface area contributed by atoms with Gasteiger partial charge in [-0.1, -0.05) is 40.0 Å². The van der Waals surface area contributed by atoms with Gasteiger partial charge in [-0.2, -0.15) is 0 Å². The summed E-state index contributed by atoms with van der Waals surface area (Å²) >= 11 is 0. The molecule has 0 atom stereocenters. The molecule has 1 aliphatic heterocycles. The zero-order valence-electron chi connectivity index (χ0n) is 16.8. The second-order valence-corrected chi connectivity index (χ2v) is 9.10. The SMILES string of the molecule is CC(C)(C)c1nc2cc(C(=O)N3CCCO3)ccc2n1CC1CCCCC1. The molecule has 1 amide bonds. The summed E-state index contributed by atoms with van der Waals surface area (Å²) < 4.78 is 2.41. The molecule has 5 nitrogen and oxygen atoms in total. The molecule has 0 radical (unpaired) electrons. The lowest BCUT2D eigenvalue weighted by Gasteiger charge is -2.26. The first-order valence-corrected chi connectivity index (χ1v) is 10.4. The average molecular weight is 370 g/mol. The van der Waals surface area contributed by atoms with Crippen LogP contribution in [0.3, 0.4) is 0 Å². The van der Waals surface area contributed by atoms with E-state index in [4.69, 9.17) is 9.82 Å². The molecule has 2 aromatic rings. The number of carbonyl (C=O) groups is 1. The number of hydroxylamine groups is 2. The zero-order chi connectivity index (χ0) is 19.0. The smallest absolute Gasteiger partial charge is 0.277 e. The molecule has 1 saturated carbocycles. The number of fused-ring (bicyclic) bond motifs is 1. The molecular formula is C22H31N3O2. The molecule has 0 N–H and O–H groups in total. The fourth-order valence-electron chi connectivity index (χ4n) is 4.40. The van der Waals surface area contributed by atoms with Gasteiger partial charge in [0.2, 0.25) is 0 Å². The van der Waals surface area contributed by atoms with Crippen LogP contribution in [0.25, 0.3) is 11.0 Å². The summed E-state index contributed by atoms with van der Waals surface area (Å²) in [5, 5.41) is 1.48. The Kier molecular flexibility index (Phi) is 4.97. The van der Waals surface area contributed by atoms with Crippen LogP contribution in [0.15, 0.2) is 18.2 Å². The van der Waals surface area contributed by atoms with Gasteiger partial charge in [0.1, 0.15) is 5.82 Å². The minimum Gasteiger partial charge on any atom is -0.327 e. The third-order valence-electron chi connectivity index (χ3n) is 5.81. The summed E-state index contributed by atoms with van der Waals surface area (Å²) in [4.78, 5) is 23.1. The Morgan fingerprint density at radius 2 is 1.96 bits per heavy atom. The third kappa shape index (κ3) is 3.75. The molecule has 2 heterocycles. The van der Waals surface area contributed by atoms with E-state index >= 15 is 0 Å². The average Bonchev–Trinajstić information content (AvgIpc) is 3.30. The number of rotatable bonds is 3. The van der Waals surface area contributed by atoms with E-state index in [9.17, 15) is 4.79 Å². The molecule has 146 valence electrons. The number of hydrogen-bond donors (Lipinski definition) is 0. The Bertz CT molecular complexity index is 822. The maximum Gasteiger partial charge on any atom is 0.277 e. The van der Waals surface area contributed by atoms with Crippen molar-refractivity contribution in [1.82, 2.24) is 14.6 Å². The van der Waals surface area contributed by atoms with Gasteiger partial charge in [0.25, 0.3) is 5.91 Å². The first kappa shape index (κ1) is 18.5. The number of benzene rings is 1. The second kappa shape index (κ2) is 7.27. The van der Waals surface area contributed by atoms with Crippen LogP contribution in [0, 0.1) is 5.92 Å². The normalized spacial score (nSPS) is 19.1. The lowest BCUT2D eigenvalue weighted by atomic mass is 9.88. The van der Waals surface area contributed by atoms with Gasteiger partial charge in [-0.05, 0) is 43.4 Å². The predicted octanol–water partition coefficient (Wildman–Crippen LogP) is 4.69. The number of hydrogen-bond acceptors (Lipinski definition) is 3. The minimum absolute atomic E-state index is 0.0318. The van der Waals surface area contributed by atoms with Gasteiger partial charge in [0.05, 0.1) is 24.2 Å². The van der Waals surface area contributed by atoms with E-state index in [1.165, 1.54) is 37.2 Å². The van der Waals surface area contributed by atoms with Crippen molar-refractivity contribution in [3.05, 3.63) is 29.6 Å². The number of nitrogens with zero attached hydrogens (tertiary/aromatic N) is 3. The summed E-state index contributed by atoms with van der Waals surface area (Å²) in [5.74, 6) is 1.79. The standard InChI is InChI=1S/C22H31N3O2/c1-22(2,3)21-23-18-14-17(20(26)25-12-7-13-27-25)10-11-19(18)24(21)15-16-8-5-4-6-9-16/h10-11,14,16H,4-9,12-13,15H2,1-3H3. The van der Waals surface area contributed by atoms with E-state index in [2.05, 4.69) is 31.4 Å². The number of imidazole rings is 1. The third-order valence-corrected chi connectivity index (χ3v) is 5.81. The van der Waals surface area contributed by atoms with Crippen molar-refractivity contribution in [1.29, 1.82) is 0 Å². The summed E-state index contributed by atoms with van der Waals surface area (Å²) in [5.41, 5.74) is 2.69. The quantitative estimate of drug-likeness (QED) is 0.788. The number of amides is 1. The Morgan fingerprint density at radius 1 is 1.19 bits per heavy atom. The van der Waals surface area contributed by atoms with Crippen molar-refractivity contribution in [2.24, 2.45) is 5.92 Å². The van der Waals surface area contributed by atoms with Gasteiger partial charge in [0.15, 0.2) is 0 Å². The molecule has 27 heavy (non-hydrogen) atoms. The first-order chi connectivity index (χ1) is 12.9. The maximum atomic E-state index is 12.7. The Balaban J connectivity index is 1.70. The van der Waals surface area contributed by atoms with Crippen LogP contribution in [0.1, 0.15) is 75.5 Å². The summed E-state index contributed by atoms with van der Waals surface area (Å²) in [7, 11) is 0. The molecule has 0 bridgehead atoms. The summed E-state index contributed by atoms with van der Waals surface area (Å²) in [6, 6.07) is 5.94. The minimum atomic E-state index is -0.0615. The maximum absolute atomic E-state index is 12.7. The molecular weight excluding hydrogens is 338 g/mol. The molecule has 1 aromatic heterocycles. The molecule has 1 aliphatic carbocycles. The van der Waals surface area contributed by atoms with Gasteiger partial charge in [-0.15, -0.1) is 0 Å². The zero-order valence-corrected chi connectivity index (χ0v) is 16.8. The summed E-state index contributed by atoms with van der Waals surface area (Å²) in [6.45, 7) is 8.98. The van der Waals surface area contributed by atoms with Crippen molar-refractivity contribution in [3.8, 4) is 0 Å². The molecule has 0 spiro atoms. The predicted molar refractivity (Wildman–Crippen MR) is 107 cm³/mol. The van der Waals surface area contributed by atoms with Gasteiger partial charge < -0.3 is 4.57 Å². The summed E-state index contributed by atoms with van der Waals surface area (Å²) in [6.07, 6.45) is 7.58. The fraction of sp³-hybridized carbons (Fsp3) is 0.636. The molecule has 2 aliphatic rings. The number of aromatic nitrogens is 2. The van der Waals surface area contributed by atoms with Gasteiger partial charge in [-0.25, -0.2) is 10.0 Å². The van der Waals surface area contributed by atoms with Crippen molar-refractivity contribution in [2.75, 3.05) is 13.2 Å². The van der Waals surface area contributed by atoms with E-state index in [1.807, 2.05) is 12.1 Å². The van der Waals surface area contributed by atoms with Crippen molar-refractivity contribution < 1.29 is 9.63 Å². The fourth-order valence-corrected chi connectivity index (χ4v) is 4.40. The van der Waals surface area contributed by atoms with Crippen LogP contribution in [0.5, 0.6) is 0 Å². The lowest BCUT2D eigenvalue weighted by molar-refractivity contribution is -0.0768. The van der Waals surface area contributed by atoms with Gasteiger partial charge in [0, 0.05) is 17.5 Å². The van der Waals surface area contributed by atoms with E-state index in [0.717, 1.165) is 35.7 Å². The van der Waals surface area contributed by atoms with Gasteiger partial charge in [-0.3, -0.25) is 9.63 Å². The van der Waals surface area contributed by atoms with Crippen molar-refractivity contribution in [3.63, 3.8) is 0 Å². The molecule has 4 rings (SSSR count). The van der Waals surface area contributed by atoms with Crippen LogP contribution in [0.4, 0.5) is 0 Å². The highest BCUT2D eigenvalue weighted by atomic mass is 16.7. The molecule has 2 fully saturated rings. The van der Waals surface area contributed by atoms with Crippen molar-refractivity contribution in [2.45, 2.75) is 71.3 Å². The van der Waals surface area contributed by atoms with Crippen LogP contribution in [-0.2, 0) is 16.8 Å². The first-order valence-electron chi connectivity index (χ1n) is 10.4. The lowest BCUT2D eigenvalue weighted by Crippen LogP contribution is -2.26. The second-order valence-electron chi connectivity index (χ2n) is 9.10. The van der Waals surface area contributed by atoms with Crippen LogP contribution in [-0.4, -0.2) is 33.7 Å². The van der Waals surface area contributed by atoms with E-state index < -0.39 is 0 Å². The monoisotopic (exact) mass is 369 g/mol.